The maximum Gasteiger partial charge on any atom is 0.329 e. The fourth-order valence-electron chi connectivity index (χ4n) is 0.0833. The fraction of sp³-hybridized carbons (Fsp3) is 0.571. The van der Waals surface area contributed by atoms with Crippen molar-refractivity contribution in [1.82, 2.24) is 0 Å². The summed E-state index contributed by atoms with van der Waals surface area (Å²) in [7, 11) is 1.43. The number of esters is 1. The van der Waals surface area contributed by atoms with Crippen molar-refractivity contribution in [3.63, 3.8) is 0 Å². The maximum atomic E-state index is 9.84. The lowest BCUT2D eigenvalue weighted by atomic mass is 10.7. The van der Waals surface area contributed by atoms with Crippen LogP contribution in [0.15, 0.2) is 12.7 Å². The molecule has 0 amide bonds. The van der Waals surface area contributed by atoms with Crippen molar-refractivity contribution in [3.05, 3.63) is 12.7 Å². The highest BCUT2D eigenvalue weighted by atomic mass is 28.3. The summed E-state index contributed by atoms with van der Waals surface area (Å²) >= 11 is 0. The quantitative estimate of drug-likeness (QED) is 0.331. The van der Waals surface area contributed by atoms with E-state index in [4.69, 9.17) is 0 Å². The highest BCUT2D eigenvalue weighted by Gasteiger charge is 1.81. The second kappa shape index (κ2) is 8.43. The topological polar surface area (TPSA) is 26.3 Å². The second-order valence-electron chi connectivity index (χ2n) is 2.23. The highest BCUT2D eigenvalue weighted by Crippen LogP contribution is 1.68. The summed E-state index contributed by atoms with van der Waals surface area (Å²) in [5.74, 6) is -0.394. The van der Waals surface area contributed by atoms with Crippen molar-refractivity contribution in [2.24, 2.45) is 0 Å². The molecule has 0 saturated heterocycles. The molecular weight excluding hydrogens is 144 g/mol. The first kappa shape index (κ1) is 12.1. The van der Waals surface area contributed by atoms with E-state index in [2.05, 4.69) is 31.0 Å². The zero-order valence-electron chi connectivity index (χ0n) is 7.10. The number of carbonyl (C=O) groups is 1. The van der Waals surface area contributed by atoms with Crippen LogP contribution < -0.4 is 0 Å². The number of hydrogen-bond donors (Lipinski definition) is 0. The van der Waals surface area contributed by atoms with Gasteiger partial charge in [0.25, 0.3) is 0 Å². The molecule has 3 heteroatoms. The summed E-state index contributed by atoms with van der Waals surface area (Å²) in [6.07, 6.45) is 1.11. The molecule has 1 radical (unpaired) electrons. The molecule has 0 aliphatic rings. The third-order valence-corrected chi connectivity index (χ3v) is 0.368. The smallest absolute Gasteiger partial charge is 0.329 e. The molecular formula is C7H15O2Si. The van der Waals surface area contributed by atoms with Gasteiger partial charge < -0.3 is 4.74 Å². The molecule has 0 heterocycles. The average molecular weight is 159 g/mol. The van der Waals surface area contributed by atoms with Gasteiger partial charge in [-0.05, 0) is 0 Å². The number of carbonyl (C=O) groups excluding carboxylic acids is 1. The molecule has 0 fully saturated rings. The molecule has 0 aromatic carbocycles. The molecule has 2 nitrogen and oxygen atoms in total. The van der Waals surface area contributed by atoms with Crippen LogP contribution in [-0.2, 0) is 9.53 Å². The van der Waals surface area contributed by atoms with Crippen LogP contribution >= 0.6 is 0 Å². The molecule has 0 rings (SSSR count). The Morgan fingerprint density at radius 2 is 1.80 bits per heavy atom. The van der Waals surface area contributed by atoms with Crippen LogP contribution in [0.2, 0.25) is 19.6 Å². The van der Waals surface area contributed by atoms with Gasteiger partial charge in [0.05, 0.1) is 7.11 Å². The van der Waals surface area contributed by atoms with Gasteiger partial charge in [-0.15, -0.1) is 0 Å². The lowest BCUT2D eigenvalue weighted by Gasteiger charge is -1.83. The van der Waals surface area contributed by atoms with Crippen LogP contribution in [0.3, 0.4) is 0 Å². The van der Waals surface area contributed by atoms with E-state index in [1.807, 2.05) is 0 Å². The summed E-state index contributed by atoms with van der Waals surface area (Å²) in [6, 6.07) is 0. The van der Waals surface area contributed by atoms with Crippen LogP contribution in [0.25, 0.3) is 0 Å². The van der Waals surface area contributed by atoms with Gasteiger partial charge in [-0.25, -0.2) is 4.79 Å². The molecule has 0 unspecified atom stereocenters. The van der Waals surface area contributed by atoms with E-state index in [0.29, 0.717) is 0 Å². The second-order valence-corrected chi connectivity index (χ2v) is 5.23. The lowest BCUT2D eigenvalue weighted by Crippen LogP contribution is -1.91. The van der Waals surface area contributed by atoms with Gasteiger partial charge in [0, 0.05) is 14.9 Å². The molecule has 0 N–H and O–H groups in total. The van der Waals surface area contributed by atoms with E-state index in [0.717, 1.165) is 6.08 Å². The third kappa shape index (κ3) is 26.1. The number of rotatable bonds is 1. The van der Waals surface area contributed by atoms with Crippen LogP contribution in [0, 0.1) is 0 Å². The third-order valence-electron chi connectivity index (χ3n) is 0.368. The number of methoxy groups -OCH3 is 1. The Hall–Kier alpha value is -0.573. The van der Waals surface area contributed by atoms with E-state index in [-0.39, 0.29) is 8.80 Å². The molecule has 0 atom stereocenters. The number of ether oxygens (including phenoxy) is 1. The van der Waals surface area contributed by atoms with Crippen molar-refractivity contribution in [3.8, 4) is 0 Å². The largest absolute Gasteiger partial charge is 0.466 e. The van der Waals surface area contributed by atoms with Gasteiger partial charge in [-0.3, -0.25) is 0 Å². The molecule has 0 aromatic heterocycles. The molecule has 0 spiro atoms. The first-order valence-electron chi connectivity index (χ1n) is 3.01. The van der Waals surface area contributed by atoms with Crippen molar-refractivity contribution in [2.45, 2.75) is 19.6 Å². The summed E-state index contributed by atoms with van der Waals surface area (Å²) in [5.41, 5.74) is 0. The van der Waals surface area contributed by atoms with Crippen LogP contribution in [0.5, 0.6) is 0 Å². The Bertz CT molecular complexity index is 97.0. The first-order chi connectivity index (χ1) is 4.54. The molecule has 0 saturated carbocycles. The molecule has 0 aliphatic heterocycles. The Balaban J connectivity index is 0. The van der Waals surface area contributed by atoms with E-state index in [9.17, 15) is 4.79 Å². The molecule has 0 bridgehead atoms. The molecule has 59 valence electrons. The maximum absolute atomic E-state index is 9.84. The van der Waals surface area contributed by atoms with E-state index < -0.39 is 5.97 Å². The minimum Gasteiger partial charge on any atom is -0.466 e. The summed E-state index contributed by atoms with van der Waals surface area (Å²) in [6.45, 7) is 9.96. The van der Waals surface area contributed by atoms with Gasteiger partial charge >= 0.3 is 5.97 Å². The Morgan fingerprint density at radius 1 is 1.50 bits per heavy atom. The monoisotopic (exact) mass is 159 g/mol. The van der Waals surface area contributed by atoms with E-state index in [1.54, 1.807) is 0 Å². The zero-order valence-corrected chi connectivity index (χ0v) is 8.10. The molecule has 0 aliphatic carbocycles. The standard InChI is InChI=1S/C4H6O2.C3H9Si/c1-3-4(5)6-2;1-4(2)3/h3H,1H2,2H3;1-3H3. The highest BCUT2D eigenvalue weighted by molar-refractivity contribution is 6.54. The predicted molar refractivity (Wildman–Crippen MR) is 45.6 cm³/mol. The summed E-state index contributed by atoms with van der Waals surface area (Å²) in [4.78, 5) is 9.84. The Morgan fingerprint density at radius 3 is 1.80 bits per heavy atom. The summed E-state index contributed by atoms with van der Waals surface area (Å²) < 4.78 is 4.14. The van der Waals surface area contributed by atoms with E-state index in [1.165, 1.54) is 7.11 Å². The molecule has 0 aromatic rings. The van der Waals surface area contributed by atoms with Gasteiger partial charge in [0.15, 0.2) is 0 Å². The molecule has 10 heavy (non-hydrogen) atoms. The van der Waals surface area contributed by atoms with Crippen molar-refractivity contribution >= 4 is 14.8 Å². The van der Waals surface area contributed by atoms with Gasteiger partial charge in [0.1, 0.15) is 0 Å². The minimum atomic E-state index is -0.394. The van der Waals surface area contributed by atoms with Crippen LogP contribution in [-0.4, -0.2) is 21.9 Å². The minimum absolute atomic E-state index is 0.120. The Labute approximate surface area is 64.5 Å². The van der Waals surface area contributed by atoms with Gasteiger partial charge in [-0.1, -0.05) is 26.2 Å². The number of hydrogen-bond acceptors (Lipinski definition) is 2. The zero-order chi connectivity index (χ0) is 8.57. The fourth-order valence-corrected chi connectivity index (χ4v) is 0.0833. The van der Waals surface area contributed by atoms with E-state index >= 15 is 0 Å². The van der Waals surface area contributed by atoms with Gasteiger partial charge in [0.2, 0.25) is 0 Å². The lowest BCUT2D eigenvalue weighted by molar-refractivity contribution is -0.134. The van der Waals surface area contributed by atoms with Gasteiger partial charge in [-0.2, -0.15) is 0 Å². The average Bonchev–Trinajstić information content (AvgIpc) is 1.85. The SMILES string of the molecule is C=CC(=O)OC.C[Si](C)C. The van der Waals surface area contributed by atoms with Crippen LogP contribution in [0.4, 0.5) is 0 Å². The van der Waals surface area contributed by atoms with Crippen molar-refractivity contribution < 1.29 is 9.53 Å². The first-order valence-corrected chi connectivity index (χ1v) is 6.01. The van der Waals surface area contributed by atoms with Crippen LogP contribution in [0.1, 0.15) is 0 Å². The van der Waals surface area contributed by atoms with Crippen molar-refractivity contribution in [1.29, 1.82) is 0 Å². The Kier molecular flexibility index (Phi) is 10.2. The normalized spacial score (nSPS) is 7.70. The summed E-state index contributed by atoms with van der Waals surface area (Å²) in [5, 5.41) is 0. The van der Waals surface area contributed by atoms with Crippen molar-refractivity contribution in [2.75, 3.05) is 7.11 Å². The predicted octanol–water partition coefficient (Wildman–Crippen LogP) is 1.72.